The van der Waals surface area contributed by atoms with E-state index in [1.807, 2.05) is 0 Å². The van der Waals surface area contributed by atoms with Gasteiger partial charge in [0.2, 0.25) is 0 Å². The molecule has 0 spiro atoms. The first kappa shape index (κ1) is 12.6. The summed E-state index contributed by atoms with van der Waals surface area (Å²) < 4.78 is 31.7. The van der Waals surface area contributed by atoms with E-state index in [2.05, 4.69) is 0 Å². The van der Waals surface area contributed by atoms with Gasteiger partial charge >= 0.3 is 0 Å². The Bertz CT molecular complexity index is 534. The Kier molecular flexibility index (Phi) is 3.67. The Morgan fingerprint density at radius 1 is 1.06 bits per heavy atom. The van der Waals surface area contributed by atoms with Gasteiger partial charge in [-0.1, -0.05) is 11.6 Å². The van der Waals surface area contributed by atoms with Gasteiger partial charge in [0, 0.05) is 5.69 Å². The van der Waals surface area contributed by atoms with Crippen LogP contribution < -0.4 is 10.5 Å². The lowest BCUT2D eigenvalue weighted by Gasteiger charge is -2.07. The van der Waals surface area contributed by atoms with Gasteiger partial charge < -0.3 is 10.5 Å². The molecule has 0 fully saturated rings. The monoisotopic (exact) mass is 269 g/mol. The molecule has 0 aliphatic rings. The number of hydrogen-bond acceptors (Lipinski definition) is 2. The molecule has 0 saturated heterocycles. The number of nitrogens with two attached hydrogens (primary N) is 1. The van der Waals surface area contributed by atoms with Crippen molar-refractivity contribution in [1.29, 1.82) is 0 Å². The molecule has 2 rings (SSSR count). The predicted octanol–water partition coefficient (Wildman–Crippen LogP) is 3.78. The Labute approximate surface area is 108 Å². The van der Waals surface area contributed by atoms with Crippen LogP contribution in [0.15, 0.2) is 36.4 Å². The van der Waals surface area contributed by atoms with Crippen LogP contribution in [0.2, 0.25) is 5.02 Å². The van der Waals surface area contributed by atoms with Crippen LogP contribution in [0.5, 0.6) is 5.75 Å². The van der Waals surface area contributed by atoms with E-state index in [1.54, 1.807) is 24.3 Å². The minimum absolute atomic E-state index is 0.0505. The molecule has 0 atom stereocenters. The smallest absolute Gasteiger partial charge is 0.145 e. The second kappa shape index (κ2) is 5.23. The lowest BCUT2D eigenvalue weighted by Crippen LogP contribution is -1.98. The summed E-state index contributed by atoms with van der Waals surface area (Å²) in [6, 6.07) is 9.00. The van der Waals surface area contributed by atoms with Crippen LogP contribution in [0.25, 0.3) is 0 Å². The van der Waals surface area contributed by atoms with Crippen LogP contribution in [0.1, 0.15) is 5.56 Å². The first-order chi connectivity index (χ1) is 8.56. The largest absolute Gasteiger partial charge is 0.489 e. The summed E-state index contributed by atoms with van der Waals surface area (Å²) in [6.07, 6.45) is 0. The summed E-state index contributed by atoms with van der Waals surface area (Å²) in [5.74, 6) is -1.03. The van der Waals surface area contributed by atoms with Gasteiger partial charge in [0.1, 0.15) is 29.0 Å². The van der Waals surface area contributed by atoms with Gasteiger partial charge in [-0.2, -0.15) is 0 Å². The zero-order chi connectivity index (χ0) is 13.1. The minimum Gasteiger partial charge on any atom is -0.489 e. The highest BCUT2D eigenvalue weighted by atomic mass is 35.5. The van der Waals surface area contributed by atoms with Gasteiger partial charge in [-0.3, -0.25) is 0 Å². The van der Waals surface area contributed by atoms with Gasteiger partial charge in [-0.25, -0.2) is 8.78 Å². The van der Waals surface area contributed by atoms with Crippen molar-refractivity contribution in [3.05, 3.63) is 58.6 Å². The summed E-state index contributed by atoms with van der Waals surface area (Å²) in [5, 5.41) is -0.508. The standard InChI is InChI=1S/C13H10ClF2NO/c14-13-11(15)5-8(6-12(13)16)7-18-10-3-1-9(17)2-4-10/h1-6H,7,17H2. The summed E-state index contributed by atoms with van der Waals surface area (Å²) >= 11 is 5.38. The molecule has 0 heterocycles. The van der Waals surface area contributed by atoms with Crippen molar-refractivity contribution >= 4 is 17.3 Å². The fourth-order valence-electron chi connectivity index (χ4n) is 1.42. The first-order valence-electron chi connectivity index (χ1n) is 5.18. The highest BCUT2D eigenvalue weighted by Gasteiger charge is 2.09. The zero-order valence-corrected chi connectivity index (χ0v) is 10.0. The highest BCUT2D eigenvalue weighted by molar-refractivity contribution is 6.30. The fourth-order valence-corrected chi connectivity index (χ4v) is 1.53. The number of anilines is 1. The van der Waals surface area contributed by atoms with Crippen LogP contribution in [0, 0.1) is 11.6 Å². The number of ether oxygens (including phenoxy) is 1. The van der Waals surface area contributed by atoms with Gasteiger partial charge in [0.15, 0.2) is 0 Å². The lowest BCUT2D eigenvalue weighted by molar-refractivity contribution is 0.305. The molecule has 5 heteroatoms. The van der Waals surface area contributed by atoms with E-state index in [0.29, 0.717) is 17.0 Å². The van der Waals surface area contributed by atoms with E-state index >= 15 is 0 Å². The SMILES string of the molecule is Nc1ccc(OCc2cc(F)c(Cl)c(F)c2)cc1. The molecule has 0 radical (unpaired) electrons. The molecular formula is C13H10ClF2NO. The van der Waals surface area contributed by atoms with Gasteiger partial charge in [0.25, 0.3) is 0 Å². The maximum atomic E-state index is 13.2. The average Bonchev–Trinajstić information content (AvgIpc) is 2.35. The van der Waals surface area contributed by atoms with E-state index in [0.717, 1.165) is 12.1 Å². The van der Waals surface area contributed by atoms with Gasteiger partial charge in [-0.05, 0) is 42.0 Å². The molecule has 94 valence electrons. The minimum atomic E-state index is -0.799. The number of benzene rings is 2. The quantitative estimate of drug-likeness (QED) is 0.680. The Morgan fingerprint density at radius 2 is 1.61 bits per heavy atom. The summed E-state index contributed by atoms with van der Waals surface area (Å²) in [5.41, 5.74) is 6.50. The van der Waals surface area contributed by atoms with Crippen molar-refractivity contribution in [1.82, 2.24) is 0 Å². The molecule has 0 amide bonds. The van der Waals surface area contributed by atoms with E-state index in [1.165, 1.54) is 0 Å². The molecule has 0 saturated carbocycles. The van der Waals surface area contributed by atoms with E-state index in [4.69, 9.17) is 22.1 Å². The lowest BCUT2D eigenvalue weighted by atomic mass is 10.2. The van der Waals surface area contributed by atoms with Crippen molar-refractivity contribution in [2.45, 2.75) is 6.61 Å². The summed E-state index contributed by atoms with van der Waals surface area (Å²) in [6.45, 7) is 0.0505. The van der Waals surface area contributed by atoms with Crippen LogP contribution >= 0.6 is 11.6 Å². The predicted molar refractivity (Wildman–Crippen MR) is 66.6 cm³/mol. The summed E-state index contributed by atoms with van der Waals surface area (Å²) in [7, 11) is 0. The normalized spacial score (nSPS) is 10.4. The van der Waals surface area contributed by atoms with Gasteiger partial charge in [-0.15, -0.1) is 0 Å². The van der Waals surface area contributed by atoms with Crippen LogP contribution in [-0.4, -0.2) is 0 Å². The van der Waals surface area contributed by atoms with Crippen molar-refractivity contribution < 1.29 is 13.5 Å². The van der Waals surface area contributed by atoms with Crippen LogP contribution in [0.3, 0.4) is 0 Å². The highest BCUT2D eigenvalue weighted by Crippen LogP contribution is 2.21. The third-order valence-electron chi connectivity index (χ3n) is 2.33. The Morgan fingerprint density at radius 3 is 2.17 bits per heavy atom. The molecule has 0 bridgehead atoms. The van der Waals surface area contributed by atoms with E-state index in [9.17, 15) is 8.78 Å². The molecule has 0 aromatic heterocycles. The Hall–Kier alpha value is -1.81. The molecule has 0 unspecified atom stereocenters. The van der Waals surface area contributed by atoms with Crippen LogP contribution in [0.4, 0.5) is 14.5 Å². The maximum absolute atomic E-state index is 13.2. The fraction of sp³-hybridized carbons (Fsp3) is 0.0769. The number of rotatable bonds is 3. The zero-order valence-electron chi connectivity index (χ0n) is 9.29. The van der Waals surface area contributed by atoms with E-state index in [-0.39, 0.29) is 6.61 Å². The average molecular weight is 270 g/mol. The molecule has 2 N–H and O–H groups in total. The topological polar surface area (TPSA) is 35.2 Å². The molecule has 2 aromatic carbocycles. The molecule has 0 aliphatic heterocycles. The number of nitrogen functional groups attached to an aromatic ring is 1. The number of halogens is 3. The molecule has 0 aliphatic carbocycles. The first-order valence-corrected chi connectivity index (χ1v) is 5.56. The second-order valence-corrected chi connectivity index (χ2v) is 4.11. The van der Waals surface area contributed by atoms with Gasteiger partial charge in [0.05, 0.1) is 0 Å². The molecule has 2 aromatic rings. The molecular weight excluding hydrogens is 260 g/mol. The molecule has 18 heavy (non-hydrogen) atoms. The van der Waals surface area contributed by atoms with Crippen LogP contribution in [-0.2, 0) is 6.61 Å². The second-order valence-electron chi connectivity index (χ2n) is 3.73. The summed E-state index contributed by atoms with van der Waals surface area (Å²) in [4.78, 5) is 0. The Balaban J connectivity index is 2.08. The van der Waals surface area contributed by atoms with Crippen molar-refractivity contribution in [2.24, 2.45) is 0 Å². The number of hydrogen-bond donors (Lipinski definition) is 1. The van der Waals surface area contributed by atoms with Crippen molar-refractivity contribution in [3.63, 3.8) is 0 Å². The van der Waals surface area contributed by atoms with E-state index < -0.39 is 16.7 Å². The van der Waals surface area contributed by atoms with Crippen molar-refractivity contribution in [2.75, 3.05) is 5.73 Å². The molecule has 2 nitrogen and oxygen atoms in total. The van der Waals surface area contributed by atoms with Crippen molar-refractivity contribution in [3.8, 4) is 5.75 Å². The maximum Gasteiger partial charge on any atom is 0.145 e. The third-order valence-corrected chi connectivity index (χ3v) is 2.69. The third kappa shape index (κ3) is 2.90.